The molecule has 1 atom stereocenters. The third kappa shape index (κ3) is 2.66. The Morgan fingerprint density at radius 1 is 1.50 bits per heavy atom. The first-order valence-electron chi connectivity index (χ1n) is 6.56. The van der Waals surface area contributed by atoms with Gasteiger partial charge in [-0.1, -0.05) is 0 Å². The molecule has 1 aliphatic heterocycles. The summed E-state index contributed by atoms with van der Waals surface area (Å²) in [5.74, 6) is 1.38. The Morgan fingerprint density at radius 3 is 2.95 bits per heavy atom. The first-order chi connectivity index (χ1) is 10.6. The molecule has 0 unspecified atom stereocenters. The van der Waals surface area contributed by atoms with E-state index in [9.17, 15) is 10.1 Å². The Labute approximate surface area is 134 Å². The molecule has 0 N–H and O–H groups in total. The zero-order valence-electron chi connectivity index (χ0n) is 11.7. The average molecular weight is 369 g/mol. The lowest BCUT2D eigenvalue weighted by Crippen LogP contribution is -2.41. The maximum absolute atomic E-state index is 10.8. The number of rotatable bonds is 3. The second-order valence-corrected chi connectivity index (χ2v) is 5.64. The van der Waals surface area contributed by atoms with Crippen LogP contribution >= 0.6 is 15.9 Å². The summed E-state index contributed by atoms with van der Waals surface area (Å²) in [7, 11) is 1.81. The van der Waals surface area contributed by atoms with Gasteiger partial charge in [0.2, 0.25) is 0 Å². The molecule has 3 heterocycles. The van der Waals surface area contributed by atoms with Crippen molar-refractivity contribution in [2.45, 2.75) is 6.04 Å². The largest absolute Gasteiger partial charge is 0.377 e. The molecule has 22 heavy (non-hydrogen) atoms. The molecular formula is C12H13BrN6O3. The second kappa shape index (κ2) is 5.97. The Kier molecular flexibility index (Phi) is 4.03. The van der Waals surface area contributed by atoms with Gasteiger partial charge in [-0.2, -0.15) is 5.10 Å². The maximum Gasteiger partial charge on any atom is 0.288 e. The van der Waals surface area contributed by atoms with Crippen molar-refractivity contribution in [1.82, 2.24) is 19.7 Å². The third-order valence-electron chi connectivity index (χ3n) is 3.46. The summed E-state index contributed by atoms with van der Waals surface area (Å²) in [5.41, 5.74) is -0.0564. The van der Waals surface area contributed by atoms with Crippen molar-refractivity contribution in [2.75, 3.05) is 24.7 Å². The van der Waals surface area contributed by atoms with E-state index in [1.165, 1.54) is 18.6 Å². The highest BCUT2D eigenvalue weighted by atomic mass is 79.9. The van der Waals surface area contributed by atoms with Crippen LogP contribution < -0.4 is 4.90 Å². The fourth-order valence-electron chi connectivity index (χ4n) is 2.41. The Bertz CT molecular complexity index is 706. The molecular weight excluding hydrogens is 356 g/mol. The predicted molar refractivity (Wildman–Crippen MR) is 80.5 cm³/mol. The number of aryl methyl sites for hydroxylation is 1. The number of halogens is 1. The van der Waals surface area contributed by atoms with Gasteiger partial charge in [0.15, 0.2) is 5.82 Å². The van der Waals surface area contributed by atoms with Gasteiger partial charge in [-0.25, -0.2) is 9.97 Å². The number of aromatic nitrogens is 4. The number of morpholine rings is 1. The predicted octanol–water partition coefficient (Wildman–Crippen LogP) is 1.46. The Morgan fingerprint density at radius 2 is 2.32 bits per heavy atom. The van der Waals surface area contributed by atoms with E-state index in [1.807, 2.05) is 11.9 Å². The standard InChI is InChI=1S/C12H13BrN6O3/c1-17-12(15-7-16-17)10-6-22-3-2-18(10)11-9(13)4-8(5-14-11)19(20)21/h4-5,7,10H,2-3,6H2,1H3/t10-/m1/s1. The highest BCUT2D eigenvalue weighted by molar-refractivity contribution is 9.10. The summed E-state index contributed by atoms with van der Waals surface area (Å²) in [5, 5.41) is 14.9. The number of ether oxygens (including phenoxy) is 1. The summed E-state index contributed by atoms with van der Waals surface area (Å²) in [6.45, 7) is 1.62. The SMILES string of the molecule is Cn1ncnc1[C@H]1COCCN1c1ncc([N+](=O)[O-])cc1Br. The van der Waals surface area contributed by atoms with Gasteiger partial charge in [0.1, 0.15) is 24.4 Å². The fraction of sp³-hybridized carbons (Fsp3) is 0.417. The molecule has 0 amide bonds. The number of hydrogen-bond donors (Lipinski definition) is 0. The topological polar surface area (TPSA) is 99.2 Å². The first-order valence-corrected chi connectivity index (χ1v) is 7.35. The monoisotopic (exact) mass is 368 g/mol. The molecule has 2 aromatic heterocycles. The lowest BCUT2D eigenvalue weighted by Gasteiger charge is -2.36. The van der Waals surface area contributed by atoms with Crippen LogP contribution in [0.25, 0.3) is 0 Å². The van der Waals surface area contributed by atoms with Crippen LogP contribution in [0.3, 0.4) is 0 Å². The van der Waals surface area contributed by atoms with Crippen LogP contribution in [0.1, 0.15) is 11.9 Å². The van der Waals surface area contributed by atoms with Crippen molar-refractivity contribution in [3.63, 3.8) is 0 Å². The van der Waals surface area contributed by atoms with E-state index < -0.39 is 4.92 Å². The third-order valence-corrected chi connectivity index (χ3v) is 4.05. The summed E-state index contributed by atoms with van der Waals surface area (Å²) < 4.78 is 7.79. The van der Waals surface area contributed by atoms with Gasteiger partial charge in [-0.05, 0) is 15.9 Å². The first kappa shape index (κ1) is 14.9. The van der Waals surface area contributed by atoms with E-state index in [2.05, 4.69) is 31.0 Å². The molecule has 1 fully saturated rings. The van der Waals surface area contributed by atoms with Gasteiger partial charge in [0.05, 0.1) is 22.6 Å². The summed E-state index contributed by atoms with van der Waals surface area (Å²) in [4.78, 5) is 20.9. The zero-order valence-corrected chi connectivity index (χ0v) is 13.3. The van der Waals surface area contributed by atoms with Crippen LogP contribution in [0.2, 0.25) is 0 Å². The number of nitrogens with zero attached hydrogens (tertiary/aromatic N) is 6. The molecule has 10 heteroatoms. The summed E-state index contributed by atoms with van der Waals surface area (Å²) >= 11 is 3.37. The summed E-state index contributed by atoms with van der Waals surface area (Å²) in [6, 6.07) is 1.30. The maximum atomic E-state index is 10.8. The molecule has 0 radical (unpaired) electrons. The molecule has 9 nitrogen and oxygen atoms in total. The van der Waals surface area contributed by atoms with Crippen molar-refractivity contribution in [2.24, 2.45) is 7.05 Å². The highest BCUT2D eigenvalue weighted by Gasteiger charge is 2.30. The van der Waals surface area contributed by atoms with E-state index in [0.717, 1.165) is 5.82 Å². The molecule has 1 aliphatic rings. The van der Waals surface area contributed by atoms with E-state index in [1.54, 1.807) is 4.68 Å². The number of hydrogen-bond acceptors (Lipinski definition) is 7. The van der Waals surface area contributed by atoms with Crippen LogP contribution in [0, 0.1) is 10.1 Å². The molecule has 2 aromatic rings. The minimum atomic E-state index is -0.471. The average Bonchev–Trinajstić information content (AvgIpc) is 2.93. The Hall–Kier alpha value is -2.07. The van der Waals surface area contributed by atoms with Crippen LogP contribution in [0.5, 0.6) is 0 Å². The van der Waals surface area contributed by atoms with Crippen molar-refractivity contribution < 1.29 is 9.66 Å². The molecule has 1 saturated heterocycles. The van der Waals surface area contributed by atoms with E-state index in [-0.39, 0.29) is 11.7 Å². The molecule has 3 rings (SSSR count). The van der Waals surface area contributed by atoms with Gasteiger partial charge in [-0.3, -0.25) is 14.8 Å². The van der Waals surface area contributed by atoms with Gasteiger partial charge >= 0.3 is 0 Å². The number of pyridine rings is 1. The van der Waals surface area contributed by atoms with Crippen molar-refractivity contribution in [3.8, 4) is 0 Å². The lowest BCUT2D eigenvalue weighted by atomic mass is 10.2. The quantitative estimate of drug-likeness (QED) is 0.597. The number of anilines is 1. The Balaban J connectivity index is 1.97. The van der Waals surface area contributed by atoms with E-state index in [4.69, 9.17) is 4.74 Å². The zero-order chi connectivity index (χ0) is 15.7. The molecule has 0 saturated carbocycles. The van der Waals surface area contributed by atoms with Crippen molar-refractivity contribution >= 4 is 27.4 Å². The van der Waals surface area contributed by atoms with Crippen molar-refractivity contribution in [3.05, 3.63) is 39.0 Å². The summed E-state index contributed by atoms with van der Waals surface area (Å²) in [6.07, 6.45) is 2.74. The normalized spacial score (nSPS) is 18.5. The van der Waals surface area contributed by atoms with E-state index >= 15 is 0 Å². The van der Waals surface area contributed by atoms with Gasteiger partial charge < -0.3 is 9.64 Å². The van der Waals surface area contributed by atoms with Gasteiger partial charge in [-0.15, -0.1) is 0 Å². The minimum absolute atomic E-state index is 0.0564. The molecule has 0 spiro atoms. The van der Waals surface area contributed by atoms with Gasteiger partial charge in [0.25, 0.3) is 5.69 Å². The molecule has 0 bridgehead atoms. The minimum Gasteiger partial charge on any atom is -0.377 e. The van der Waals surface area contributed by atoms with Crippen LogP contribution in [0.4, 0.5) is 11.5 Å². The van der Waals surface area contributed by atoms with Crippen LogP contribution in [0.15, 0.2) is 23.1 Å². The van der Waals surface area contributed by atoms with E-state index in [0.29, 0.717) is 30.0 Å². The van der Waals surface area contributed by atoms with Gasteiger partial charge in [0, 0.05) is 19.7 Å². The molecule has 116 valence electrons. The van der Waals surface area contributed by atoms with Crippen LogP contribution in [-0.2, 0) is 11.8 Å². The fourth-order valence-corrected chi connectivity index (χ4v) is 2.97. The molecule has 0 aromatic carbocycles. The van der Waals surface area contributed by atoms with Crippen LogP contribution in [-0.4, -0.2) is 44.4 Å². The lowest BCUT2D eigenvalue weighted by molar-refractivity contribution is -0.385. The molecule has 0 aliphatic carbocycles. The number of nitro groups is 1. The second-order valence-electron chi connectivity index (χ2n) is 4.78. The smallest absolute Gasteiger partial charge is 0.288 e. The van der Waals surface area contributed by atoms with Crippen molar-refractivity contribution in [1.29, 1.82) is 0 Å². The highest BCUT2D eigenvalue weighted by Crippen LogP contribution is 2.33.